The van der Waals surface area contributed by atoms with Crippen LogP contribution in [0.25, 0.3) is 0 Å². The number of rotatable bonds is 8. The third-order valence-corrected chi connectivity index (χ3v) is 15.2. The van der Waals surface area contributed by atoms with E-state index < -0.39 is 108 Å². The number of esters is 2. The fourth-order valence-electron chi connectivity index (χ4n) is 9.90. The zero-order valence-corrected chi connectivity index (χ0v) is 49.7. The topological polar surface area (TPSA) is 250 Å². The molecule has 1 N–H and O–H groups in total. The molecule has 3 aromatic rings. The minimum absolute atomic E-state index is 0.0922. The maximum absolute atomic E-state index is 14.9. The molecule has 450 valence electrons. The van der Waals surface area contributed by atoms with Crippen LogP contribution in [0.2, 0.25) is 0 Å². The molecule has 2 bridgehead atoms. The fourth-order valence-corrected chi connectivity index (χ4v) is 9.90. The van der Waals surface area contributed by atoms with Crippen molar-refractivity contribution in [1.29, 1.82) is 0 Å². The number of nitrogens with zero attached hydrogens (tertiary/aromatic N) is 6. The number of carbonyl (C=O) groups is 9. The highest BCUT2D eigenvalue weighted by atomic mass is 16.5. The average molecular weight is 1150 g/mol. The highest BCUT2D eigenvalue weighted by Gasteiger charge is 2.45. The summed E-state index contributed by atoms with van der Waals surface area (Å²) in [7, 11) is 7.48. The number of ketones is 1. The number of aryl methyl sites for hydroxylation is 1. The van der Waals surface area contributed by atoms with Gasteiger partial charge in [0.05, 0.1) is 38.0 Å². The van der Waals surface area contributed by atoms with Gasteiger partial charge < -0.3 is 58.2 Å². The number of hydrogen-bond donors (Lipinski definition) is 1. The molecule has 0 saturated carbocycles. The molecule has 4 heterocycles. The van der Waals surface area contributed by atoms with E-state index >= 15 is 0 Å². The Morgan fingerprint density at radius 1 is 0.747 bits per heavy atom. The van der Waals surface area contributed by atoms with Gasteiger partial charge in [0.1, 0.15) is 48.7 Å². The first-order valence-electron chi connectivity index (χ1n) is 28.1. The molecule has 6 rings (SSSR count). The molecule has 22 nitrogen and oxygen atoms in total. The maximum Gasteiger partial charge on any atom is 0.330 e. The molecular formula is C61H81N7O15. The predicted octanol–water partition coefficient (Wildman–Crippen LogP) is 4.97. The number of methoxy groups -OCH3 is 2. The molecule has 6 atom stereocenters. The second kappa shape index (κ2) is 28.9. The van der Waals surface area contributed by atoms with Crippen LogP contribution < -0.4 is 19.5 Å². The number of aromatic nitrogens is 1. The summed E-state index contributed by atoms with van der Waals surface area (Å²) >= 11 is 0. The molecule has 0 radical (unpaired) electrons. The summed E-state index contributed by atoms with van der Waals surface area (Å²) in [4.78, 5) is 138. The van der Waals surface area contributed by atoms with Gasteiger partial charge in [0, 0.05) is 58.6 Å². The van der Waals surface area contributed by atoms with Crippen LogP contribution in [0, 0.1) is 5.41 Å². The summed E-state index contributed by atoms with van der Waals surface area (Å²) in [6.45, 7) is 9.06. The third-order valence-electron chi connectivity index (χ3n) is 15.2. The molecule has 2 aromatic carbocycles. The van der Waals surface area contributed by atoms with Gasteiger partial charge in [-0.25, -0.2) is 9.59 Å². The van der Waals surface area contributed by atoms with Crippen molar-refractivity contribution in [2.45, 2.75) is 135 Å². The summed E-state index contributed by atoms with van der Waals surface area (Å²) < 4.78 is 34.8. The number of carbonyl (C=O) groups excluding carboxylic acids is 9. The van der Waals surface area contributed by atoms with Gasteiger partial charge in [0.15, 0.2) is 18.1 Å². The normalized spacial score (nSPS) is 24.2. The molecule has 0 aliphatic carbocycles. The van der Waals surface area contributed by atoms with E-state index in [-0.39, 0.29) is 57.2 Å². The molecule has 6 amide bonds. The molecule has 2 fully saturated rings. The predicted molar refractivity (Wildman–Crippen MR) is 303 cm³/mol. The first-order chi connectivity index (χ1) is 39.3. The number of Topliss-reactive ketones (excluding diaryl/α,β-unsaturated/α-hetero) is 1. The number of likely N-dealkylation sites (N-methyl/N-ethyl adjacent to an activating group) is 3. The van der Waals surface area contributed by atoms with E-state index in [2.05, 4.69) is 10.3 Å². The van der Waals surface area contributed by atoms with Crippen molar-refractivity contribution in [3.8, 4) is 17.2 Å². The molecular weight excluding hydrogens is 1070 g/mol. The number of nitrogens with one attached hydrogen (secondary N) is 1. The fraction of sp³-hybridized carbons (Fsp3) is 0.541. The van der Waals surface area contributed by atoms with Crippen LogP contribution >= 0.6 is 0 Å². The van der Waals surface area contributed by atoms with Gasteiger partial charge in [-0.05, 0) is 122 Å². The van der Waals surface area contributed by atoms with Gasteiger partial charge >= 0.3 is 11.9 Å². The van der Waals surface area contributed by atoms with Crippen molar-refractivity contribution < 1.29 is 71.6 Å². The Balaban J connectivity index is 1.32. The van der Waals surface area contributed by atoms with Crippen LogP contribution in [0.15, 0.2) is 79.1 Å². The smallest absolute Gasteiger partial charge is 0.330 e. The maximum atomic E-state index is 14.9. The average Bonchev–Trinajstić information content (AvgIpc) is 4.25. The standard InChI is InChI=1S/C61H81N7O15/c1-39-54(72)63-52(41-20-13-12-14-21-41)57(75)66(9)46(36-82-60(2,3)4)56(74)67-31-19-23-44(67)55(73)64(7)29-17-16-24-51(70)81-38-61(5,6)53(71)58(76)68-30-18-15-22-45(68)59(77)83-47(27-25-40-26-28-48(78-10)49(32-40)79-11)42-33-43(35-62-34-42)80-37-50(69)65(39)8/h12-14,16,20-21,24,26,28,32-35,39,44-47,52H,15,17-19,22-23,25,27,29-31,36-38H2,1-11H3,(H,63,72)/b24-16-/t39-,44-,45-,46-,47+,52?/m0/s1. The summed E-state index contributed by atoms with van der Waals surface area (Å²) in [6, 6.07) is 9.68. The number of hydrogen-bond acceptors (Lipinski definition) is 16. The third kappa shape index (κ3) is 16.9. The summed E-state index contributed by atoms with van der Waals surface area (Å²) in [6.07, 6.45) is 7.46. The molecule has 1 unspecified atom stereocenters. The van der Waals surface area contributed by atoms with Gasteiger partial charge in [0.2, 0.25) is 29.4 Å². The van der Waals surface area contributed by atoms with Gasteiger partial charge in [-0.1, -0.05) is 42.5 Å². The van der Waals surface area contributed by atoms with Crippen molar-refractivity contribution in [3.63, 3.8) is 0 Å². The Labute approximate surface area is 486 Å². The first kappa shape index (κ1) is 64.3. The number of amides is 6. The lowest BCUT2D eigenvalue weighted by atomic mass is 9.87. The number of piperidine rings is 1. The zero-order chi connectivity index (χ0) is 60.8. The number of ether oxygens (including phenoxy) is 6. The Hall–Kier alpha value is -7.88. The van der Waals surface area contributed by atoms with Crippen LogP contribution in [0.5, 0.6) is 17.2 Å². The molecule has 22 heteroatoms. The minimum Gasteiger partial charge on any atom is -0.493 e. The SMILES string of the molecule is COc1ccc(CC[C@H]2OC(=O)[C@@H]3CCCCN3C(=O)C(=O)C(C)(C)COC(=O)/C=C\CCN(C)C(=O)[C@@H]3CCCN3C(=O)[C@H](COC(C)(C)C)N(C)C(=O)C(c3ccccc3)NC(=O)[C@H](C)N(C)C(=O)COc3cncc2c3)cc1OC. The number of fused-ring (bicyclic) bond motifs is 4. The molecule has 0 spiro atoms. The van der Waals surface area contributed by atoms with E-state index in [9.17, 15) is 43.2 Å². The van der Waals surface area contributed by atoms with Gasteiger partial charge in [0.25, 0.3) is 11.8 Å². The van der Waals surface area contributed by atoms with E-state index in [4.69, 9.17) is 28.4 Å². The molecule has 2 saturated heterocycles. The van der Waals surface area contributed by atoms with E-state index in [1.54, 1.807) is 76.3 Å². The van der Waals surface area contributed by atoms with Crippen LogP contribution in [0.4, 0.5) is 0 Å². The van der Waals surface area contributed by atoms with Crippen molar-refractivity contribution in [2.75, 3.05) is 74.8 Å². The summed E-state index contributed by atoms with van der Waals surface area (Å²) in [5.41, 5.74) is -0.642. The monoisotopic (exact) mass is 1150 g/mol. The largest absolute Gasteiger partial charge is 0.493 e. The van der Waals surface area contributed by atoms with Crippen molar-refractivity contribution in [2.24, 2.45) is 5.41 Å². The van der Waals surface area contributed by atoms with E-state index in [1.165, 1.54) is 98.1 Å². The van der Waals surface area contributed by atoms with Crippen LogP contribution in [-0.2, 0) is 63.8 Å². The zero-order valence-electron chi connectivity index (χ0n) is 49.7. The second-order valence-corrected chi connectivity index (χ2v) is 22.8. The Morgan fingerprint density at radius 2 is 1.45 bits per heavy atom. The van der Waals surface area contributed by atoms with Crippen molar-refractivity contribution >= 4 is 53.2 Å². The van der Waals surface area contributed by atoms with Crippen LogP contribution in [-0.4, -0.2) is 187 Å². The van der Waals surface area contributed by atoms with Crippen molar-refractivity contribution in [3.05, 3.63) is 95.8 Å². The Bertz CT molecular complexity index is 2850. The lowest BCUT2D eigenvalue weighted by Gasteiger charge is -2.37. The summed E-state index contributed by atoms with van der Waals surface area (Å²) in [5.74, 6) is -5.09. The first-order valence-corrected chi connectivity index (χ1v) is 28.1. The number of benzene rings is 2. The van der Waals surface area contributed by atoms with Gasteiger partial charge in [-0.2, -0.15) is 0 Å². The van der Waals surface area contributed by atoms with Gasteiger partial charge in [-0.15, -0.1) is 0 Å². The van der Waals surface area contributed by atoms with Crippen LogP contribution in [0.3, 0.4) is 0 Å². The Morgan fingerprint density at radius 3 is 2.14 bits per heavy atom. The minimum atomic E-state index is -1.50. The number of cyclic esters (lactones) is 2. The van der Waals surface area contributed by atoms with E-state index in [1.807, 2.05) is 6.07 Å². The molecule has 3 aliphatic heterocycles. The van der Waals surface area contributed by atoms with E-state index in [0.29, 0.717) is 54.7 Å². The second-order valence-electron chi connectivity index (χ2n) is 22.8. The quantitative estimate of drug-likeness (QED) is 0.231. The molecule has 3 aliphatic rings. The lowest BCUT2D eigenvalue weighted by Crippen LogP contribution is -2.58. The highest BCUT2D eigenvalue weighted by molar-refractivity contribution is 6.38. The van der Waals surface area contributed by atoms with Gasteiger partial charge in [-0.3, -0.25) is 38.5 Å². The van der Waals surface area contributed by atoms with Crippen molar-refractivity contribution in [1.82, 2.24) is 34.8 Å². The highest BCUT2D eigenvalue weighted by Crippen LogP contribution is 2.33. The van der Waals surface area contributed by atoms with Crippen LogP contribution in [0.1, 0.15) is 115 Å². The molecule has 1 aromatic heterocycles. The lowest BCUT2D eigenvalue weighted by molar-refractivity contribution is -0.165. The van der Waals surface area contributed by atoms with E-state index in [0.717, 1.165) is 5.56 Å². The Kier molecular flexibility index (Phi) is 22.4. The molecule has 83 heavy (non-hydrogen) atoms. The summed E-state index contributed by atoms with van der Waals surface area (Å²) in [5, 5.41) is 2.82. The number of pyridine rings is 1.